The molecule has 0 radical (unpaired) electrons. The first-order chi connectivity index (χ1) is 4.97. The molecule has 1 atom stereocenters. The smallest absolute Gasteiger partial charge is 0.00852 e. The van der Waals surface area contributed by atoms with E-state index >= 15 is 0 Å². The average Bonchev–Trinajstić information content (AvgIpc) is 2.13. The van der Waals surface area contributed by atoms with E-state index in [1.807, 2.05) is 0 Å². The van der Waals surface area contributed by atoms with Crippen molar-refractivity contribution in [3.8, 4) is 0 Å². The molecule has 1 unspecified atom stereocenters. The van der Waals surface area contributed by atoms with Gasteiger partial charge in [0.25, 0.3) is 0 Å². The van der Waals surface area contributed by atoms with Crippen molar-refractivity contribution in [2.24, 2.45) is 10.8 Å². The van der Waals surface area contributed by atoms with Crippen LogP contribution in [0.2, 0.25) is 0 Å². The monoisotopic (exact) mass is 150 g/mol. The molecule has 2 aliphatic carbocycles. The van der Waals surface area contributed by atoms with Gasteiger partial charge >= 0.3 is 0 Å². The van der Waals surface area contributed by atoms with Gasteiger partial charge in [-0.2, -0.15) is 0 Å². The van der Waals surface area contributed by atoms with Gasteiger partial charge in [0.2, 0.25) is 0 Å². The molecular weight excluding hydrogens is 132 g/mol. The zero-order valence-corrected chi connectivity index (χ0v) is 8.12. The summed E-state index contributed by atoms with van der Waals surface area (Å²) in [4.78, 5) is 0. The van der Waals surface area contributed by atoms with E-state index in [2.05, 4.69) is 27.7 Å². The molecule has 62 valence electrons. The maximum absolute atomic E-state index is 2.45. The molecule has 2 rings (SSSR count). The Bertz CT molecular complexity index is 232. The van der Waals surface area contributed by atoms with Crippen LogP contribution in [0, 0.1) is 10.8 Å². The molecule has 1 saturated carbocycles. The average molecular weight is 150 g/mol. The van der Waals surface area contributed by atoms with Gasteiger partial charge in [0, 0.05) is 0 Å². The third-order valence-corrected chi connectivity index (χ3v) is 4.36. The maximum Gasteiger partial charge on any atom is -0.00852 e. The Kier molecular flexibility index (Phi) is 1.16. The predicted molar refractivity (Wildman–Crippen MR) is 48.4 cm³/mol. The Morgan fingerprint density at radius 3 is 2.00 bits per heavy atom. The largest absolute Gasteiger partial charge is 0.0730 e. The number of allylic oxidation sites excluding steroid dienone is 2. The van der Waals surface area contributed by atoms with Gasteiger partial charge in [-0.25, -0.2) is 0 Å². The van der Waals surface area contributed by atoms with Crippen LogP contribution < -0.4 is 0 Å². The molecule has 0 spiro atoms. The number of fused-ring (bicyclic) bond motifs is 2. The molecule has 0 aromatic carbocycles. The van der Waals surface area contributed by atoms with Gasteiger partial charge in [-0.3, -0.25) is 0 Å². The molecule has 2 bridgehead atoms. The topological polar surface area (TPSA) is 0 Å². The molecule has 0 aromatic rings. The van der Waals surface area contributed by atoms with E-state index < -0.39 is 0 Å². The fourth-order valence-corrected chi connectivity index (χ4v) is 3.14. The van der Waals surface area contributed by atoms with Crippen molar-refractivity contribution in [3.63, 3.8) is 0 Å². The summed E-state index contributed by atoms with van der Waals surface area (Å²) in [6, 6.07) is 0. The molecule has 0 aliphatic heterocycles. The summed E-state index contributed by atoms with van der Waals surface area (Å²) in [6.07, 6.45) is 4.15. The normalized spacial score (nSPS) is 40.4. The molecule has 11 heavy (non-hydrogen) atoms. The fourth-order valence-electron chi connectivity index (χ4n) is 3.14. The van der Waals surface area contributed by atoms with E-state index in [4.69, 9.17) is 0 Å². The Labute approximate surface area is 69.7 Å². The fraction of sp³-hybridized carbons (Fsp3) is 0.818. The summed E-state index contributed by atoms with van der Waals surface area (Å²) in [7, 11) is 0. The highest BCUT2D eigenvalue weighted by atomic mass is 14.6. The SMILES string of the molecule is CC1=C2CCC(C)(C1)C2(C)C. The van der Waals surface area contributed by atoms with Crippen LogP contribution in [0.1, 0.15) is 47.0 Å². The molecular formula is C11H18. The maximum atomic E-state index is 2.45. The van der Waals surface area contributed by atoms with Gasteiger partial charge in [0.15, 0.2) is 0 Å². The van der Waals surface area contributed by atoms with E-state index in [-0.39, 0.29) is 0 Å². The molecule has 0 saturated heterocycles. The number of rotatable bonds is 0. The standard InChI is InChI=1S/C11H18/c1-8-7-11(4)6-5-9(8)10(11,2)3/h5-7H2,1-4H3. The summed E-state index contributed by atoms with van der Waals surface area (Å²) in [5, 5.41) is 0. The quantitative estimate of drug-likeness (QED) is 0.463. The van der Waals surface area contributed by atoms with Crippen molar-refractivity contribution in [2.75, 3.05) is 0 Å². The van der Waals surface area contributed by atoms with Gasteiger partial charge in [-0.15, -0.1) is 0 Å². The first kappa shape index (κ1) is 7.39. The van der Waals surface area contributed by atoms with Gasteiger partial charge in [-0.1, -0.05) is 31.9 Å². The van der Waals surface area contributed by atoms with Gasteiger partial charge < -0.3 is 0 Å². The second-order valence-electron chi connectivity index (χ2n) is 5.12. The lowest BCUT2D eigenvalue weighted by molar-refractivity contribution is 0.181. The second kappa shape index (κ2) is 1.73. The van der Waals surface area contributed by atoms with E-state index in [9.17, 15) is 0 Å². The van der Waals surface area contributed by atoms with E-state index in [0.29, 0.717) is 10.8 Å². The summed E-state index contributed by atoms with van der Waals surface area (Å²) in [5.74, 6) is 0. The predicted octanol–water partition coefficient (Wildman–Crippen LogP) is 3.53. The summed E-state index contributed by atoms with van der Waals surface area (Å²) < 4.78 is 0. The molecule has 2 aliphatic rings. The first-order valence-electron chi connectivity index (χ1n) is 4.66. The van der Waals surface area contributed by atoms with Crippen LogP contribution in [0.15, 0.2) is 11.1 Å². The zero-order chi connectivity index (χ0) is 8.28. The Hall–Kier alpha value is -0.260. The van der Waals surface area contributed by atoms with Crippen LogP contribution in [0.25, 0.3) is 0 Å². The van der Waals surface area contributed by atoms with Crippen molar-refractivity contribution < 1.29 is 0 Å². The molecule has 0 heteroatoms. The highest BCUT2D eigenvalue weighted by Crippen LogP contribution is 2.64. The Balaban J connectivity index is 2.52. The molecule has 1 fully saturated rings. The van der Waals surface area contributed by atoms with Gasteiger partial charge in [0.05, 0.1) is 0 Å². The second-order valence-corrected chi connectivity index (χ2v) is 5.12. The summed E-state index contributed by atoms with van der Waals surface area (Å²) in [6.45, 7) is 9.62. The minimum absolute atomic E-state index is 0.511. The molecule has 0 N–H and O–H groups in total. The van der Waals surface area contributed by atoms with Crippen LogP contribution in [0.3, 0.4) is 0 Å². The molecule has 0 amide bonds. The van der Waals surface area contributed by atoms with E-state index in [0.717, 1.165) is 0 Å². The van der Waals surface area contributed by atoms with Crippen LogP contribution in [-0.4, -0.2) is 0 Å². The number of hydrogen-bond donors (Lipinski definition) is 0. The third kappa shape index (κ3) is 0.660. The lowest BCUT2D eigenvalue weighted by atomic mass is 9.70. The lowest BCUT2D eigenvalue weighted by Gasteiger charge is -2.33. The van der Waals surface area contributed by atoms with E-state index in [1.165, 1.54) is 19.3 Å². The first-order valence-corrected chi connectivity index (χ1v) is 4.66. The van der Waals surface area contributed by atoms with Crippen molar-refractivity contribution in [1.29, 1.82) is 0 Å². The summed E-state index contributed by atoms with van der Waals surface area (Å²) in [5.41, 5.74) is 4.56. The van der Waals surface area contributed by atoms with Crippen LogP contribution >= 0.6 is 0 Å². The van der Waals surface area contributed by atoms with Crippen molar-refractivity contribution in [3.05, 3.63) is 11.1 Å². The van der Waals surface area contributed by atoms with Crippen LogP contribution in [-0.2, 0) is 0 Å². The van der Waals surface area contributed by atoms with Crippen molar-refractivity contribution in [1.82, 2.24) is 0 Å². The zero-order valence-electron chi connectivity index (χ0n) is 8.12. The minimum atomic E-state index is 0.511. The van der Waals surface area contributed by atoms with Gasteiger partial charge in [0.1, 0.15) is 0 Å². The lowest BCUT2D eigenvalue weighted by Crippen LogP contribution is -2.25. The molecule has 0 heterocycles. The van der Waals surface area contributed by atoms with Crippen LogP contribution in [0.5, 0.6) is 0 Å². The van der Waals surface area contributed by atoms with Crippen molar-refractivity contribution >= 4 is 0 Å². The minimum Gasteiger partial charge on any atom is -0.0730 e. The number of hydrogen-bond acceptors (Lipinski definition) is 0. The Morgan fingerprint density at radius 1 is 1.18 bits per heavy atom. The molecule has 0 aromatic heterocycles. The highest BCUT2D eigenvalue weighted by molar-refractivity contribution is 5.35. The highest BCUT2D eigenvalue weighted by Gasteiger charge is 2.53. The van der Waals surface area contributed by atoms with Crippen LogP contribution in [0.4, 0.5) is 0 Å². The van der Waals surface area contributed by atoms with Crippen molar-refractivity contribution in [2.45, 2.75) is 47.0 Å². The third-order valence-electron chi connectivity index (χ3n) is 4.36. The Morgan fingerprint density at radius 2 is 1.82 bits per heavy atom. The summed E-state index contributed by atoms with van der Waals surface area (Å²) >= 11 is 0. The van der Waals surface area contributed by atoms with E-state index in [1.54, 1.807) is 11.1 Å². The van der Waals surface area contributed by atoms with Gasteiger partial charge in [-0.05, 0) is 37.0 Å². The molecule has 0 nitrogen and oxygen atoms in total.